The van der Waals surface area contributed by atoms with Gasteiger partial charge in [0, 0.05) is 38.8 Å². The standard InChI is InChI=1S/C19H22FN3O4/c1-26-18-11-16(17(23(24)25)12-19(18)27-2)22-8-6-21(7-9-22)13-14-4-3-5-15(20)10-14/h3-5,10-12H,6-9,13H2,1-2H3. The lowest BCUT2D eigenvalue weighted by Crippen LogP contribution is -2.46. The summed E-state index contributed by atoms with van der Waals surface area (Å²) in [4.78, 5) is 15.3. The minimum Gasteiger partial charge on any atom is -0.493 e. The highest BCUT2D eigenvalue weighted by molar-refractivity contribution is 5.70. The SMILES string of the molecule is COc1cc(N2CCN(Cc3cccc(F)c3)CC2)c([N+](=O)[O-])cc1OC. The van der Waals surface area contributed by atoms with E-state index in [9.17, 15) is 14.5 Å². The molecule has 0 N–H and O–H groups in total. The van der Waals surface area contributed by atoms with Crippen molar-refractivity contribution in [3.05, 3.63) is 57.9 Å². The van der Waals surface area contributed by atoms with Crippen LogP contribution in [0.2, 0.25) is 0 Å². The zero-order valence-electron chi connectivity index (χ0n) is 15.4. The molecule has 1 aliphatic heterocycles. The lowest BCUT2D eigenvalue weighted by Gasteiger charge is -2.36. The van der Waals surface area contributed by atoms with Gasteiger partial charge in [-0.3, -0.25) is 15.0 Å². The summed E-state index contributed by atoms with van der Waals surface area (Å²) < 4.78 is 23.8. The third kappa shape index (κ3) is 4.28. The Morgan fingerprint density at radius 2 is 1.74 bits per heavy atom. The van der Waals surface area contributed by atoms with E-state index in [4.69, 9.17) is 9.47 Å². The Kier molecular flexibility index (Phi) is 5.75. The number of ether oxygens (including phenoxy) is 2. The van der Waals surface area contributed by atoms with Crippen LogP contribution >= 0.6 is 0 Å². The zero-order valence-corrected chi connectivity index (χ0v) is 15.4. The molecule has 27 heavy (non-hydrogen) atoms. The Balaban J connectivity index is 1.74. The summed E-state index contributed by atoms with van der Waals surface area (Å²) in [6.45, 7) is 3.36. The second kappa shape index (κ2) is 8.22. The number of methoxy groups -OCH3 is 2. The molecule has 144 valence electrons. The zero-order chi connectivity index (χ0) is 19.4. The maximum absolute atomic E-state index is 13.3. The van der Waals surface area contributed by atoms with Gasteiger partial charge in [-0.05, 0) is 17.7 Å². The van der Waals surface area contributed by atoms with E-state index >= 15 is 0 Å². The highest BCUT2D eigenvalue weighted by atomic mass is 19.1. The van der Waals surface area contributed by atoms with Gasteiger partial charge in [0.15, 0.2) is 11.5 Å². The van der Waals surface area contributed by atoms with Gasteiger partial charge in [-0.15, -0.1) is 0 Å². The maximum Gasteiger partial charge on any atom is 0.296 e. The molecule has 1 aliphatic rings. The number of piperazine rings is 1. The minimum atomic E-state index is -0.406. The number of hydrogen-bond acceptors (Lipinski definition) is 6. The van der Waals surface area contributed by atoms with Gasteiger partial charge in [0.25, 0.3) is 5.69 Å². The molecular formula is C19H22FN3O4. The van der Waals surface area contributed by atoms with Crippen LogP contribution in [0.15, 0.2) is 36.4 Å². The van der Waals surface area contributed by atoms with Crippen molar-refractivity contribution in [3.8, 4) is 11.5 Å². The molecular weight excluding hydrogens is 353 g/mol. The number of anilines is 1. The molecule has 0 unspecified atom stereocenters. The number of nitro benzene ring substituents is 1. The molecule has 8 heteroatoms. The predicted octanol–water partition coefficient (Wildman–Crippen LogP) is 3.07. The molecule has 2 aromatic carbocycles. The lowest BCUT2D eigenvalue weighted by molar-refractivity contribution is -0.384. The first-order valence-electron chi connectivity index (χ1n) is 8.64. The van der Waals surface area contributed by atoms with Crippen LogP contribution in [0.5, 0.6) is 11.5 Å². The van der Waals surface area contributed by atoms with Crippen LogP contribution in [0.3, 0.4) is 0 Å². The van der Waals surface area contributed by atoms with E-state index in [2.05, 4.69) is 4.90 Å². The van der Waals surface area contributed by atoms with Gasteiger partial charge in [0.1, 0.15) is 11.5 Å². The Bertz CT molecular complexity index is 823. The molecule has 1 fully saturated rings. The number of benzene rings is 2. The average molecular weight is 375 g/mol. The van der Waals surface area contributed by atoms with Crippen molar-refractivity contribution in [1.29, 1.82) is 0 Å². The Hall–Kier alpha value is -2.87. The summed E-state index contributed by atoms with van der Waals surface area (Å²) >= 11 is 0. The van der Waals surface area contributed by atoms with Gasteiger partial charge in [-0.1, -0.05) is 12.1 Å². The monoisotopic (exact) mass is 375 g/mol. The number of nitrogens with zero attached hydrogens (tertiary/aromatic N) is 3. The summed E-state index contributed by atoms with van der Waals surface area (Å²) in [7, 11) is 2.96. The molecule has 2 aromatic rings. The topological polar surface area (TPSA) is 68.1 Å². The van der Waals surface area contributed by atoms with Crippen molar-refractivity contribution in [2.75, 3.05) is 45.3 Å². The fourth-order valence-corrected chi connectivity index (χ4v) is 3.30. The number of nitro groups is 1. The van der Waals surface area contributed by atoms with Crippen LogP contribution in [0, 0.1) is 15.9 Å². The third-order valence-electron chi connectivity index (χ3n) is 4.69. The summed E-state index contributed by atoms with van der Waals surface area (Å²) in [5, 5.41) is 11.5. The van der Waals surface area contributed by atoms with E-state index in [0.717, 1.165) is 18.7 Å². The summed E-state index contributed by atoms with van der Waals surface area (Å²) in [6.07, 6.45) is 0. The van der Waals surface area contributed by atoms with Crippen molar-refractivity contribution in [1.82, 2.24) is 4.90 Å². The Labute approximate surface area is 157 Å². The molecule has 1 heterocycles. The molecule has 0 atom stereocenters. The molecule has 0 spiro atoms. The summed E-state index contributed by atoms with van der Waals surface area (Å²) in [6, 6.07) is 9.61. The second-order valence-electron chi connectivity index (χ2n) is 6.35. The van der Waals surface area contributed by atoms with E-state index in [1.54, 1.807) is 12.1 Å². The lowest BCUT2D eigenvalue weighted by atomic mass is 10.1. The molecule has 7 nitrogen and oxygen atoms in total. The largest absolute Gasteiger partial charge is 0.493 e. The van der Waals surface area contributed by atoms with E-state index in [-0.39, 0.29) is 11.5 Å². The van der Waals surface area contributed by atoms with Crippen LogP contribution in [-0.2, 0) is 6.54 Å². The van der Waals surface area contributed by atoms with Crippen LogP contribution in [-0.4, -0.2) is 50.2 Å². The van der Waals surface area contributed by atoms with E-state index in [1.807, 2.05) is 11.0 Å². The molecule has 0 amide bonds. The number of rotatable bonds is 6. The van der Waals surface area contributed by atoms with Crippen molar-refractivity contribution < 1.29 is 18.8 Å². The second-order valence-corrected chi connectivity index (χ2v) is 6.35. The number of halogens is 1. The third-order valence-corrected chi connectivity index (χ3v) is 4.69. The first-order valence-corrected chi connectivity index (χ1v) is 8.64. The highest BCUT2D eigenvalue weighted by Crippen LogP contribution is 2.39. The van der Waals surface area contributed by atoms with Crippen molar-refractivity contribution in [2.45, 2.75) is 6.54 Å². The quantitative estimate of drug-likeness (QED) is 0.571. The molecule has 0 aromatic heterocycles. The normalized spacial score (nSPS) is 14.9. The molecule has 0 aliphatic carbocycles. The van der Waals surface area contributed by atoms with Gasteiger partial charge >= 0.3 is 0 Å². The van der Waals surface area contributed by atoms with Crippen LogP contribution < -0.4 is 14.4 Å². The molecule has 0 radical (unpaired) electrons. The highest BCUT2D eigenvalue weighted by Gasteiger charge is 2.26. The Morgan fingerprint density at radius 3 is 2.33 bits per heavy atom. The van der Waals surface area contributed by atoms with Crippen LogP contribution in [0.1, 0.15) is 5.56 Å². The summed E-state index contributed by atoms with van der Waals surface area (Å²) in [5.41, 5.74) is 1.43. The van der Waals surface area contributed by atoms with E-state index < -0.39 is 4.92 Å². The van der Waals surface area contributed by atoms with Gasteiger partial charge in [0.2, 0.25) is 0 Å². The van der Waals surface area contributed by atoms with Crippen LogP contribution in [0.25, 0.3) is 0 Å². The van der Waals surface area contributed by atoms with Crippen molar-refractivity contribution in [2.24, 2.45) is 0 Å². The molecule has 3 rings (SSSR count). The van der Waals surface area contributed by atoms with E-state index in [0.29, 0.717) is 36.8 Å². The molecule has 0 saturated carbocycles. The summed E-state index contributed by atoms with van der Waals surface area (Å²) in [5.74, 6) is 0.546. The van der Waals surface area contributed by atoms with E-state index in [1.165, 1.54) is 32.4 Å². The first-order chi connectivity index (χ1) is 13.0. The fraction of sp³-hybridized carbons (Fsp3) is 0.368. The number of hydrogen-bond donors (Lipinski definition) is 0. The van der Waals surface area contributed by atoms with Crippen LogP contribution in [0.4, 0.5) is 15.8 Å². The minimum absolute atomic E-state index is 0.00812. The predicted molar refractivity (Wildman–Crippen MR) is 100 cm³/mol. The Morgan fingerprint density at radius 1 is 1.07 bits per heavy atom. The van der Waals surface area contributed by atoms with Crippen molar-refractivity contribution >= 4 is 11.4 Å². The van der Waals surface area contributed by atoms with Crippen molar-refractivity contribution in [3.63, 3.8) is 0 Å². The molecule has 1 saturated heterocycles. The van der Waals surface area contributed by atoms with Gasteiger partial charge < -0.3 is 14.4 Å². The molecule has 0 bridgehead atoms. The first kappa shape index (κ1) is 18.9. The van der Waals surface area contributed by atoms with Gasteiger partial charge in [-0.2, -0.15) is 0 Å². The smallest absolute Gasteiger partial charge is 0.296 e. The fourth-order valence-electron chi connectivity index (χ4n) is 3.30. The average Bonchev–Trinajstić information content (AvgIpc) is 2.67. The van der Waals surface area contributed by atoms with Gasteiger partial charge in [-0.25, -0.2) is 4.39 Å². The van der Waals surface area contributed by atoms with Gasteiger partial charge in [0.05, 0.1) is 25.2 Å². The maximum atomic E-state index is 13.3.